The summed E-state index contributed by atoms with van der Waals surface area (Å²) in [6, 6.07) is 13.0. The van der Waals surface area contributed by atoms with E-state index < -0.39 is 6.09 Å². The van der Waals surface area contributed by atoms with E-state index in [1.54, 1.807) is 30.5 Å². The first-order chi connectivity index (χ1) is 14.7. The molecule has 1 amide bonds. The molecule has 0 saturated heterocycles. The van der Waals surface area contributed by atoms with E-state index in [-0.39, 0.29) is 6.54 Å². The zero-order valence-electron chi connectivity index (χ0n) is 15.8. The van der Waals surface area contributed by atoms with Crippen molar-refractivity contribution in [2.45, 2.75) is 0 Å². The van der Waals surface area contributed by atoms with Gasteiger partial charge in [-0.2, -0.15) is 0 Å². The lowest BCUT2D eigenvalue weighted by Gasteiger charge is -2.11. The Balaban J connectivity index is 1.90. The van der Waals surface area contributed by atoms with E-state index in [1.165, 1.54) is 25.0 Å². The van der Waals surface area contributed by atoms with Crippen molar-refractivity contribution < 1.29 is 14.6 Å². The summed E-state index contributed by atoms with van der Waals surface area (Å²) in [5.74, 6) is 1.02. The summed E-state index contributed by atoms with van der Waals surface area (Å²) in [6.45, 7) is 0.0845. The second-order valence-electron chi connectivity index (χ2n) is 6.22. The molecule has 2 heterocycles. The third-order valence-corrected chi connectivity index (χ3v) is 4.27. The topological polar surface area (TPSA) is 100 Å². The minimum atomic E-state index is -1.11. The molecule has 1 aromatic heterocycles. The molecule has 0 saturated carbocycles. The Morgan fingerprint density at radius 2 is 2.03 bits per heavy atom. The summed E-state index contributed by atoms with van der Waals surface area (Å²) in [7, 11) is 0. The van der Waals surface area contributed by atoms with E-state index in [2.05, 4.69) is 15.0 Å². The molecule has 0 atom stereocenters. The van der Waals surface area contributed by atoms with Crippen LogP contribution < -0.4 is 15.3 Å². The van der Waals surface area contributed by atoms with Gasteiger partial charge in [-0.05, 0) is 30.3 Å². The van der Waals surface area contributed by atoms with Crippen molar-refractivity contribution in [2.75, 3.05) is 6.54 Å². The van der Waals surface area contributed by atoms with Gasteiger partial charge in [-0.15, -0.1) is 0 Å². The van der Waals surface area contributed by atoms with Gasteiger partial charge in [-0.25, -0.2) is 19.8 Å². The van der Waals surface area contributed by atoms with Crippen LogP contribution in [0.3, 0.4) is 0 Å². The van der Waals surface area contributed by atoms with Crippen LogP contribution in [-0.4, -0.2) is 38.8 Å². The second kappa shape index (κ2) is 8.78. The first-order valence-corrected chi connectivity index (χ1v) is 9.11. The zero-order valence-corrected chi connectivity index (χ0v) is 15.8. The number of hydrogen-bond acceptors (Lipinski definition) is 6. The molecule has 2 bridgehead atoms. The van der Waals surface area contributed by atoms with Crippen molar-refractivity contribution in [3.05, 3.63) is 84.1 Å². The molecule has 0 spiro atoms. The molecule has 0 unspecified atom stereocenters. The third-order valence-electron chi connectivity index (χ3n) is 4.27. The number of carbonyl (C=O) groups is 1. The maximum atomic E-state index is 11.4. The first-order valence-electron chi connectivity index (χ1n) is 9.11. The Kier molecular flexibility index (Phi) is 5.56. The minimum Gasteiger partial charge on any atom is -0.465 e. The molecule has 1 N–H and O–H groups in total. The SMILES string of the molecule is O=C(O)N1/C=C\Oc2ccc3ncnc(c3c2)N=c2cccc/c2=C/C=C\N=CC1. The molecule has 2 aromatic carbocycles. The summed E-state index contributed by atoms with van der Waals surface area (Å²) in [5.41, 5.74) is 0.722. The highest BCUT2D eigenvalue weighted by atomic mass is 16.5. The summed E-state index contributed by atoms with van der Waals surface area (Å²) < 4.78 is 5.59. The van der Waals surface area contributed by atoms with Crippen LogP contribution in [-0.2, 0) is 0 Å². The highest BCUT2D eigenvalue weighted by Crippen LogP contribution is 2.26. The average Bonchev–Trinajstić information content (AvgIpc) is 2.75. The van der Waals surface area contributed by atoms with E-state index in [4.69, 9.17) is 9.73 Å². The molecular weight excluding hydrogens is 382 g/mol. The van der Waals surface area contributed by atoms with Crippen molar-refractivity contribution in [2.24, 2.45) is 9.98 Å². The van der Waals surface area contributed by atoms with Crippen LogP contribution in [0.25, 0.3) is 17.0 Å². The molecule has 0 aliphatic carbocycles. The molecule has 3 aromatic rings. The van der Waals surface area contributed by atoms with Gasteiger partial charge >= 0.3 is 6.09 Å². The van der Waals surface area contributed by atoms with Crippen LogP contribution in [0.5, 0.6) is 5.75 Å². The zero-order chi connectivity index (χ0) is 20.8. The predicted molar refractivity (Wildman–Crippen MR) is 113 cm³/mol. The monoisotopic (exact) mass is 399 g/mol. The van der Waals surface area contributed by atoms with Gasteiger partial charge < -0.3 is 9.84 Å². The number of hydrogen-bond donors (Lipinski definition) is 1. The Hall–Kier alpha value is -4.33. The van der Waals surface area contributed by atoms with E-state index in [0.29, 0.717) is 11.6 Å². The summed E-state index contributed by atoms with van der Waals surface area (Å²) in [4.78, 5) is 29.9. The van der Waals surface area contributed by atoms with Crippen molar-refractivity contribution in [1.29, 1.82) is 0 Å². The van der Waals surface area contributed by atoms with Gasteiger partial charge in [0, 0.05) is 29.2 Å². The standard InChI is InChI=1S/C22H17N5O3/c28-22(29)27-11-10-23-9-3-5-16-4-1-2-6-19(16)26-21-18-14-17(30-13-12-27)7-8-20(18)24-15-25-21/h1-10,12-15H,11H2,(H,28,29)/b9-3-,13-12-,16-5-,23-10?,26-19?. The number of carboxylic acid groups (broad SMARTS) is 1. The lowest BCUT2D eigenvalue weighted by Crippen LogP contribution is -2.25. The molecule has 0 fully saturated rings. The summed E-state index contributed by atoms with van der Waals surface area (Å²) >= 11 is 0. The normalized spacial score (nSPS) is 17.1. The molecule has 1 aliphatic heterocycles. The number of amides is 1. The Morgan fingerprint density at radius 1 is 1.13 bits per heavy atom. The number of fused-ring (bicyclic) bond motifs is 2. The minimum absolute atomic E-state index is 0.0845. The van der Waals surface area contributed by atoms with Crippen molar-refractivity contribution in [3.8, 4) is 5.75 Å². The van der Waals surface area contributed by atoms with Crippen LogP contribution in [0.15, 0.2) is 83.5 Å². The molecule has 30 heavy (non-hydrogen) atoms. The fourth-order valence-electron chi connectivity index (χ4n) is 2.81. The van der Waals surface area contributed by atoms with Crippen LogP contribution in [0.4, 0.5) is 10.6 Å². The summed E-state index contributed by atoms with van der Waals surface area (Å²) in [6.07, 6.45) is 9.71. The maximum Gasteiger partial charge on any atom is 0.411 e. The number of rotatable bonds is 0. The van der Waals surface area contributed by atoms with Gasteiger partial charge in [0.05, 0.1) is 17.4 Å². The van der Waals surface area contributed by atoms with Gasteiger partial charge in [-0.1, -0.05) is 24.3 Å². The molecule has 148 valence electrons. The maximum absolute atomic E-state index is 11.4. The first kappa shape index (κ1) is 19.0. The van der Waals surface area contributed by atoms with Crippen molar-refractivity contribution >= 4 is 35.1 Å². The lowest BCUT2D eigenvalue weighted by molar-refractivity contribution is 0.167. The number of para-hydroxylation sites is 1. The highest BCUT2D eigenvalue weighted by Gasteiger charge is 2.07. The summed E-state index contributed by atoms with van der Waals surface area (Å²) in [5, 5.41) is 11.7. The second-order valence-corrected chi connectivity index (χ2v) is 6.22. The molecule has 8 heteroatoms. The molecule has 4 rings (SSSR count). The fourth-order valence-corrected chi connectivity index (χ4v) is 2.81. The predicted octanol–water partition coefficient (Wildman–Crippen LogP) is 2.79. The molecular formula is C22H17N5O3. The van der Waals surface area contributed by atoms with Gasteiger partial charge in [0.15, 0.2) is 5.82 Å². The van der Waals surface area contributed by atoms with Crippen LogP contribution >= 0.6 is 0 Å². The van der Waals surface area contributed by atoms with Gasteiger partial charge in [0.25, 0.3) is 0 Å². The van der Waals surface area contributed by atoms with Crippen molar-refractivity contribution in [1.82, 2.24) is 14.9 Å². The number of aliphatic imine (C=N–C) groups is 1. The smallest absolute Gasteiger partial charge is 0.411 e. The van der Waals surface area contributed by atoms with Gasteiger partial charge in [-0.3, -0.25) is 9.89 Å². The van der Waals surface area contributed by atoms with Crippen molar-refractivity contribution in [3.63, 3.8) is 0 Å². The van der Waals surface area contributed by atoms with Crippen LogP contribution in [0.2, 0.25) is 0 Å². The highest BCUT2D eigenvalue weighted by molar-refractivity contribution is 5.88. The van der Waals surface area contributed by atoms with E-state index in [9.17, 15) is 9.90 Å². The number of ether oxygens (including phenoxy) is 1. The largest absolute Gasteiger partial charge is 0.465 e. The fraction of sp³-hybridized carbons (Fsp3) is 0.0455. The Morgan fingerprint density at radius 3 is 2.93 bits per heavy atom. The molecule has 1 aliphatic rings. The van der Waals surface area contributed by atoms with Gasteiger partial charge in [0.2, 0.25) is 0 Å². The molecule has 0 radical (unpaired) electrons. The van der Waals surface area contributed by atoms with E-state index in [0.717, 1.165) is 26.4 Å². The van der Waals surface area contributed by atoms with Gasteiger partial charge in [0.1, 0.15) is 18.3 Å². The quantitative estimate of drug-likeness (QED) is 0.627. The number of nitrogens with zero attached hydrogens (tertiary/aromatic N) is 5. The Labute approximate surface area is 171 Å². The third kappa shape index (κ3) is 4.39. The van der Waals surface area contributed by atoms with E-state index in [1.807, 2.05) is 30.3 Å². The number of aromatic nitrogens is 2. The van der Waals surface area contributed by atoms with E-state index >= 15 is 0 Å². The van der Waals surface area contributed by atoms with Crippen LogP contribution in [0.1, 0.15) is 0 Å². The number of allylic oxidation sites excluding steroid dienone is 1. The lowest BCUT2D eigenvalue weighted by atomic mass is 10.2. The van der Waals surface area contributed by atoms with Crippen LogP contribution in [0, 0.1) is 0 Å². The Bertz CT molecular complexity index is 1300. The molecule has 8 nitrogen and oxygen atoms in total. The average molecular weight is 399 g/mol. The number of benzene rings is 2.